The van der Waals surface area contributed by atoms with E-state index in [0.717, 1.165) is 12.3 Å². The van der Waals surface area contributed by atoms with Gasteiger partial charge in [0.05, 0.1) is 6.20 Å². The smallest absolute Gasteiger partial charge is 0.306 e. The molecule has 1 aromatic heterocycles. The third-order valence-electron chi connectivity index (χ3n) is 3.30. The molecule has 0 spiro atoms. The molecule has 0 atom stereocenters. The second-order valence-electron chi connectivity index (χ2n) is 4.86. The zero-order valence-electron chi connectivity index (χ0n) is 11.5. The number of aromatic nitrogens is 1. The number of quaternary nitrogens is 1. The van der Waals surface area contributed by atoms with Crippen LogP contribution in [0.1, 0.15) is 5.69 Å². The SMILES string of the molecule is O=C(O[N+]1(c2ccc(C(F)(F)F)nc2)CCNCC1)C(F)(F)F. The lowest BCUT2D eigenvalue weighted by Crippen LogP contribution is -2.61. The van der Waals surface area contributed by atoms with Crippen LogP contribution in [0.4, 0.5) is 32.0 Å². The number of piperazine rings is 1. The van der Waals surface area contributed by atoms with Gasteiger partial charge in [0, 0.05) is 19.2 Å². The summed E-state index contributed by atoms with van der Waals surface area (Å²) in [5, 5.41) is 2.87. The summed E-state index contributed by atoms with van der Waals surface area (Å²) in [4.78, 5) is 18.9. The minimum atomic E-state index is -5.20. The number of hydroxylamine groups is 2. The van der Waals surface area contributed by atoms with Crippen molar-refractivity contribution in [2.45, 2.75) is 12.4 Å². The van der Waals surface area contributed by atoms with Gasteiger partial charge in [-0.25, -0.2) is 9.78 Å². The first-order chi connectivity index (χ1) is 10.5. The molecule has 1 saturated heterocycles. The molecule has 1 aliphatic rings. The summed E-state index contributed by atoms with van der Waals surface area (Å²) >= 11 is 0. The maximum Gasteiger partial charge on any atom is 0.497 e. The summed E-state index contributed by atoms with van der Waals surface area (Å²) in [6, 6.07) is 1.60. The molecule has 23 heavy (non-hydrogen) atoms. The second kappa shape index (κ2) is 5.96. The Bertz CT molecular complexity index is 564. The number of rotatable bonds is 2. The molecule has 1 aromatic rings. The van der Waals surface area contributed by atoms with Crippen molar-refractivity contribution in [3.05, 3.63) is 24.0 Å². The molecule has 11 heteroatoms. The first kappa shape index (κ1) is 17.5. The topological polar surface area (TPSA) is 51.2 Å². The predicted octanol–water partition coefficient (Wildman–Crippen LogP) is 2.03. The minimum absolute atomic E-state index is 0.0582. The fourth-order valence-corrected chi connectivity index (χ4v) is 2.16. The summed E-state index contributed by atoms with van der Waals surface area (Å²) in [5.74, 6) is -2.40. The first-order valence-electron chi connectivity index (χ1n) is 6.47. The van der Waals surface area contributed by atoms with E-state index >= 15 is 0 Å². The summed E-state index contributed by atoms with van der Waals surface area (Å²) in [5.41, 5.74) is -1.24. The van der Waals surface area contributed by atoms with E-state index < -0.39 is 28.7 Å². The number of nitrogens with zero attached hydrogens (tertiary/aromatic N) is 2. The van der Waals surface area contributed by atoms with Gasteiger partial charge in [-0.2, -0.15) is 26.3 Å². The summed E-state index contributed by atoms with van der Waals surface area (Å²) in [6.45, 7) is 0.335. The number of carbonyl (C=O) groups excluding carboxylic acids is 1. The van der Waals surface area contributed by atoms with Gasteiger partial charge in [0.1, 0.15) is 18.8 Å². The van der Waals surface area contributed by atoms with Crippen molar-refractivity contribution in [2.24, 2.45) is 0 Å². The maximum atomic E-state index is 12.5. The van der Waals surface area contributed by atoms with E-state index in [4.69, 9.17) is 0 Å². The van der Waals surface area contributed by atoms with Crippen LogP contribution in [-0.4, -0.2) is 43.3 Å². The Morgan fingerprint density at radius 2 is 1.74 bits per heavy atom. The third-order valence-corrected chi connectivity index (χ3v) is 3.30. The van der Waals surface area contributed by atoms with Crippen molar-refractivity contribution < 1.29 is 36.0 Å². The molecule has 1 aliphatic heterocycles. The van der Waals surface area contributed by atoms with Crippen molar-refractivity contribution in [3.63, 3.8) is 0 Å². The zero-order valence-corrected chi connectivity index (χ0v) is 11.5. The third kappa shape index (κ3) is 3.91. The number of carbonyl (C=O) groups is 1. The van der Waals surface area contributed by atoms with E-state index in [-0.39, 0.29) is 31.9 Å². The van der Waals surface area contributed by atoms with Crippen molar-refractivity contribution in [1.29, 1.82) is 0 Å². The molecule has 0 saturated carbocycles. The lowest BCUT2D eigenvalue weighted by Gasteiger charge is -2.36. The van der Waals surface area contributed by atoms with Crippen LogP contribution in [0.3, 0.4) is 0 Å². The molecule has 0 aliphatic carbocycles. The van der Waals surface area contributed by atoms with Crippen LogP contribution in [0.15, 0.2) is 18.3 Å². The molecule has 5 nitrogen and oxygen atoms in total. The average molecular weight is 344 g/mol. The van der Waals surface area contributed by atoms with Gasteiger partial charge in [-0.05, 0) is 6.07 Å². The molecule has 0 radical (unpaired) electrons. The molecule has 0 aromatic carbocycles. The van der Waals surface area contributed by atoms with E-state index in [9.17, 15) is 31.1 Å². The van der Waals surface area contributed by atoms with Gasteiger partial charge in [-0.1, -0.05) is 4.65 Å². The molecule has 0 unspecified atom stereocenters. The van der Waals surface area contributed by atoms with Crippen LogP contribution in [0.5, 0.6) is 0 Å². The van der Waals surface area contributed by atoms with Crippen molar-refractivity contribution in [3.8, 4) is 0 Å². The number of pyridine rings is 1. The first-order valence-corrected chi connectivity index (χ1v) is 6.47. The van der Waals surface area contributed by atoms with Crippen LogP contribution in [0.2, 0.25) is 0 Å². The van der Waals surface area contributed by atoms with Gasteiger partial charge in [0.25, 0.3) is 0 Å². The molecule has 0 amide bonds. The number of nitrogens with one attached hydrogen (secondary N) is 1. The fraction of sp³-hybridized carbons (Fsp3) is 0.500. The Morgan fingerprint density at radius 1 is 1.13 bits per heavy atom. The van der Waals surface area contributed by atoms with Crippen LogP contribution in [0.25, 0.3) is 0 Å². The van der Waals surface area contributed by atoms with Gasteiger partial charge >= 0.3 is 18.3 Å². The minimum Gasteiger partial charge on any atom is -0.306 e. The number of halogens is 6. The molecule has 0 bridgehead atoms. The van der Waals surface area contributed by atoms with Gasteiger partial charge in [-0.3, -0.25) is 4.84 Å². The second-order valence-corrected chi connectivity index (χ2v) is 4.86. The fourth-order valence-electron chi connectivity index (χ4n) is 2.16. The largest absolute Gasteiger partial charge is 0.497 e. The lowest BCUT2D eigenvalue weighted by molar-refractivity contribution is -0.236. The normalized spacial score (nSPS) is 18.5. The molecular weight excluding hydrogens is 332 g/mol. The van der Waals surface area contributed by atoms with Gasteiger partial charge in [0.15, 0.2) is 5.69 Å². The zero-order chi connectivity index (χ0) is 17.3. The standard InChI is InChI=1S/C12H12F6N3O2/c13-11(14,15)9-2-1-8(7-20-9)21(5-3-19-4-6-21)23-10(22)12(16,17)18/h1-2,7,19H,3-6H2/q+1. The highest BCUT2D eigenvalue weighted by Crippen LogP contribution is 2.32. The monoisotopic (exact) mass is 344 g/mol. The van der Waals surface area contributed by atoms with E-state index in [0.29, 0.717) is 6.07 Å². The van der Waals surface area contributed by atoms with Crippen LogP contribution >= 0.6 is 0 Å². The van der Waals surface area contributed by atoms with E-state index in [1.54, 1.807) is 0 Å². The Labute approximate surface area is 126 Å². The maximum absolute atomic E-state index is 12.5. The summed E-state index contributed by atoms with van der Waals surface area (Å²) < 4.78 is 74.0. The van der Waals surface area contributed by atoms with E-state index in [1.165, 1.54) is 0 Å². The number of hydrogen-bond acceptors (Lipinski definition) is 4. The highest BCUT2D eigenvalue weighted by atomic mass is 19.4. The van der Waals surface area contributed by atoms with Crippen LogP contribution < -0.4 is 9.96 Å². The van der Waals surface area contributed by atoms with Gasteiger partial charge in [-0.15, -0.1) is 0 Å². The van der Waals surface area contributed by atoms with E-state index in [1.807, 2.05) is 0 Å². The van der Waals surface area contributed by atoms with E-state index in [2.05, 4.69) is 15.1 Å². The Kier molecular flexibility index (Phi) is 4.53. The van der Waals surface area contributed by atoms with Crippen molar-refractivity contribution >= 4 is 11.7 Å². The Morgan fingerprint density at radius 3 is 2.17 bits per heavy atom. The quantitative estimate of drug-likeness (QED) is 0.659. The number of hydrogen-bond donors (Lipinski definition) is 1. The molecule has 1 N–H and O–H groups in total. The number of alkyl halides is 6. The summed E-state index contributed by atoms with van der Waals surface area (Å²) in [6.07, 6.45) is -9.09. The molecule has 2 heterocycles. The molecule has 128 valence electrons. The average Bonchev–Trinajstić information content (AvgIpc) is 2.46. The molecular formula is C12H12F6N3O2+. The predicted molar refractivity (Wildman–Crippen MR) is 65.8 cm³/mol. The molecule has 1 fully saturated rings. The highest BCUT2D eigenvalue weighted by Gasteiger charge is 2.49. The summed E-state index contributed by atoms with van der Waals surface area (Å²) in [7, 11) is 0. The lowest BCUT2D eigenvalue weighted by atomic mass is 10.2. The van der Waals surface area contributed by atoms with Crippen molar-refractivity contribution in [2.75, 3.05) is 26.2 Å². The van der Waals surface area contributed by atoms with Gasteiger partial charge in [0.2, 0.25) is 0 Å². The van der Waals surface area contributed by atoms with Crippen molar-refractivity contribution in [1.82, 2.24) is 14.9 Å². The Balaban J connectivity index is 2.33. The van der Waals surface area contributed by atoms with Crippen LogP contribution in [-0.2, 0) is 15.8 Å². The molecule has 2 rings (SSSR count). The van der Waals surface area contributed by atoms with Gasteiger partial charge < -0.3 is 5.32 Å². The Hall–Kier alpha value is -1.88. The highest BCUT2D eigenvalue weighted by molar-refractivity contribution is 5.76. The van der Waals surface area contributed by atoms with Crippen LogP contribution in [0, 0.1) is 0 Å².